The van der Waals surface area contributed by atoms with Gasteiger partial charge in [0.1, 0.15) is 5.41 Å². The van der Waals surface area contributed by atoms with Crippen LogP contribution in [0.25, 0.3) is 0 Å². The number of para-hydroxylation sites is 2. The third-order valence-electron chi connectivity index (χ3n) is 4.44. The van der Waals surface area contributed by atoms with Gasteiger partial charge >= 0.3 is 0 Å². The van der Waals surface area contributed by atoms with Crippen LogP contribution >= 0.6 is 23.2 Å². The van der Waals surface area contributed by atoms with Crippen LogP contribution < -0.4 is 10.2 Å². The zero-order chi connectivity index (χ0) is 18.2. The molecule has 25 heavy (non-hydrogen) atoms. The molecule has 1 N–H and O–H groups in total. The molecule has 0 radical (unpaired) electrons. The third kappa shape index (κ3) is 3.24. The average molecular weight is 377 g/mol. The first-order valence-corrected chi connectivity index (χ1v) is 8.73. The van der Waals surface area contributed by atoms with Crippen molar-refractivity contribution in [2.75, 3.05) is 16.8 Å². The number of benzene rings is 2. The zero-order valence-corrected chi connectivity index (χ0v) is 15.5. The van der Waals surface area contributed by atoms with Gasteiger partial charge in [0, 0.05) is 12.2 Å². The second-order valence-corrected chi connectivity index (χ2v) is 7.33. The van der Waals surface area contributed by atoms with Gasteiger partial charge in [-0.25, -0.2) is 0 Å². The summed E-state index contributed by atoms with van der Waals surface area (Å²) in [7, 11) is 0. The highest BCUT2D eigenvalue weighted by Gasteiger charge is 2.41. The van der Waals surface area contributed by atoms with E-state index in [0.29, 0.717) is 22.3 Å². The van der Waals surface area contributed by atoms with Crippen molar-refractivity contribution < 1.29 is 9.59 Å². The number of amides is 2. The molecule has 0 unspecified atom stereocenters. The standard InChI is InChI=1S/C19H18Cl2N2O2/c1-19(2,17(24)22-16-13(20)7-5-8-14(16)21)18(25)23-11-10-12-6-3-4-9-15(12)23/h3-9H,10-11H2,1-2H3,(H,22,24). The van der Waals surface area contributed by atoms with Gasteiger partial charge in [0.25, 0.3) is 0 Å². The zero-order valence-electron chi connectivity index (χ0n) is 14.0. The van der Waals surface area contributed by atoms with Crippen molar-refractivity contribution in [1.29, 1.82) is 0 Å². The Bertz CT molecular complexity index is 829. The molecule has 0 saturated carbocycles. The van der Waals surface area contributed by atoms with E-state index in [9.17, 15) is 9.59 Å². The Balaban J connectivity index is 1.84. The molecule has 1 aliphatic rings. The smallest absolute Gasteiger partial charge is 0.242 e. The van der Waals surface area contributed by atoms with E-state index in [1.165, 1.54) is 0 Å². The normalized spacial score (nSPS) is 13.5. The summed E-state index contributed by atoms with van der Waals surface area (Å²) in [4.78, 5) is 27.5. The van der Waals surface area contributed by atoms with Gasteiger partial charge in [0.05, 0.1) is 15.7 Å². The number of nitrogens with zero attached hydrogens (tertiary/aromatic N) is 1. The first-order chi connectivity index (χ1) is 11.8. The highest BCUT2D eigenvalue weighted by Crippen LogP contribution is 2.34. The lowest BCUT2D eigenvalue weighted by Gasteiger charge is -2.29. The topological polar surface area (TPSA) is 49.4 Å². The molecule has 130 valence electrons. The quantitative estimate of drug-likeness (QED) is 0.798. The molecular formula is C19H18Cl2N2O2. The number of fused-ring (bicyclic) bond motifs is 1. The van der Waals surface area contributed by atoms with E-state index in [0.717, 1.165) is 17.7 Å². The lowest BCUT2D eigenvalue weighted by molar-refractivity contribution is -0.136. The molecule has 0 saturated heterocycles. The summed E-state index contributed by atoms with van der Waals surface area (Å²) in [6, 6.07) is 12.7. The molecule has 0 aromatic heterocycles. The Hall–Kier alpha value is -2.04. The summed E-state index contributed by atoms with van der Waals surface area (Å²) in [5.41, 5.74) is 1.03. The first-order valence-electron chi connectivity index (χ1n) is 7.97. The number of nitrogens with one attached hydrogen (secondary N) is 1. The van der Waals surface area contributed by atoms with Crippen LogP contribution in [-0.2, 0) is 16.0 Å². The number of carbonyl (C=O) groups is 2. The van der Waals surface area contributed by atoms with Crippen LogP contribution in [0.1, 0.15) is 19.4 Å². The molecule has 0 atom stereocenters. The van der Waals surface area contributed by atoms with Gasteiger partial charge in [-0.3, -0.25) is 9.59 Å². The fourth-order valence-electron chi connectivity index (χ4n) is 2.87. The molecular weight excluding hydrogens is 359 g/mol. The van der Waals surface area contributed by atoms with E-state index in [-0.39, 0.29) is 5.91 Å². The summed E-state index contributed by atoms with van der Waals surface area (Å²) in [5, 5.41) is 3.36. The second kappa shape index (κ2) is 6.70. The molecule has 0 spiro atoms. The minimum Gasteiger partial charge on any atom is -0.323 e. The molecule has 1 aliphatic heterocycles. The highest BCUT2D eigenvalue weighted by atomic mass is 35.5. The summed E-state index contributed by atoms with van der Waals surface area (Å²) < 4.78 is 0. The molecule has 0 bridgehead atoms. The SMILES string of the molecule is CC(C)(C(=O)Nc1c(Cl)cccc1Cl)C(=O)N1CCc2ccccc21. The van der Waals surface area contributed by atoms with Crippen molar-refractivity contribution in [1.82, 2.24) is 0 Å². The molecule has 1 heterocycles. The number of hydrogen-bond donors (Lipinski definition) is 1. The fraction of sp³-hybridized carbons (Fsp3) is 0.263. The maximum absolute atomic E-state index is 13.0. The minimum atomic E-state index is -1.26. The van der Waals surface area contributed by atoms with E-state index in [1.54, 1.807) is 36.9 Å². The summed E-state index contributed by atoms with van der Waals surface area (Å²) in [6.07, 6.45) is 0.788. The largest absolute Gasteiger partial charge is 0.323 e. The van der Waals surface area contributed by atoms with Crippen molar-refractivity contribution in [3.05, 3.63) is 58.1 Å². The van der Waals surface area contributed by atoms with Gasteiger partial charge in [-0.2, -0.15) is 0 Å². The van der Waals surface area contributed by atoms with Crippen molar-refractivity contribution in [3.63, 3.8) is 0 Å². The predicted molar refractivity (Wildman–Crippen MR) is 101 cm³/mol. The monoisotopic (exact) mass is 376 g/mol. The molecule has 0 fully saturated rings. The summed E-state index contributed by atoms with van der Waals surface area (Å²) >= 11 is 12.2. The molecule has 0 aliphatic carbocycles. The summed E-state index contributed by atoms with van der Waals surface area (Å²) in [5.74, 6) is -0.699. The van der Waals surface area contributed by atoms with Crippen LogP contribution in [0.3, 0.4) is 0 Å². The third-order valence-corrected chi connectivity index (χ3v) is 5.07. The Morgan fingerprint density at radius 2 is 1.68 bits per heavy atom. The lowest BCUT2D eigenvalue weighted by atomic mass is 9.90. The molecule has 3 rings (SSSR count). The maximum Gasteiger partial charge on any atom is 0.242 e. The van der Waals surface area contributed by atoms with Crippen LogP contribution in [0.2, 0.25) is 10.0 Å². The highest BCUT2D eigenvalue weighted by molar-refractivity contribution is 6.40. The van der Waals surface area contributed by atoms with Crippen LogP contribution in [-0.4, -0.2) is 18.4 Å². The Morgan fingerprint density at radius 3 is 2.36 bits per heavy atom. The molecule has 2 aromatic carbocycles. The average Bonchev–Trinajstić information content (AvgIpc) is 3.01. The Morgan fingerprint density at radius 1 is 1.04 bits per heavy atom. The number of carbonyl (C=O) groups excluding carboxylic acids is 2. The van der Waals surface area contributed by atoms with E-state index in [4.69, 9.17) is 23.2 Å². The van der Waals surface area contributed by atoms with Gasteiger partial charge in [-0.05, 0) is 44.0 Å². The van der Waals surface area contributed by atoms with Gasteiger partial charge in [-0.1, -0.05) is 47.5 Å². The van der Waals surface area contributed by atoms with Crippen molar-refractivity contribution in [2.45, 2.75) is 20.3 Å². The molecule has 2 aromatic rings. The first kappa shape index (κ1) is 17.8. The summed E-state index contributed by atoms with van der Waals surface area (Å²) in [6.45, 7) is 3.79. The van der Waals surface area contributed by atoms with Crippen LogP contribution in [0, 0.1) is 5.41 Å². The predicted octanol–water partition coefficient (Wildman–Crippen LogP) is 4.55. The van der Waals surface area contributed by atoms with E-state index < -0.39 is 11.3 Å². The van der Waals surface area contributed by atoms with E-state index >= 15 is 0 Å². The van der Waals surface area contributed by atoms with Crippen LogP contribution in [0.4, 0.5) is 11.4 Å². The molecule has 2 amide bonds. The van der Waals surface area contributed by atoms with Gasteiger partial charge < -0.3 is 10.2 Å². The number of halogens is 2. The van der Waals surface area contributed by atoms with Gasteiger partial charge in [0.15, 0.2) is 0 Å². The van der Waals surface area contributed by atoms with Crippen molar-refractivity contribution >= 4 is 46.4 Å². The van der Waals surface area contributed by atoms with Crippen LogP contribution in [0.5, 0.6) is 0 Å². The number of rotatable bonds is 3. The van der Waals surface area contributed by atoms with E-state index in [2.05, 4.69) is 5.32 Å². The number of anilines is 2. The maximum atomic E-state index is 13.0. The lowest BCUT2D eigenvalue weighted by Crippen LogP contribution is -2.47. The minimum absolute atomic E-state index is 0.252. The molecule has 6 heteroatoms. The molecule has 4 nitrogen and oxygen atoms in total. The Labute approximate surface area is 156 Å². The van der Waals surface area contributed by atoms with Gasteiger partial charge in [0.2, 0.25) is 11.8 Å². The van der Waals surface area contributed by atoms with Crippen LogP contribution in [0.15, 0.2) is 42.5 Å². The van der Waals surface area contributed by atoms with Crippen molar-refractivity contribution in [2.24, 2.45) is 5.41 Å². The second-order valence-electron chi connectivity index (χ2n) is 6.51. The fourth-order valence-corrected chi connectivity index (χ4v) is 3.36. The van der Waals surface area contributed by atoms with Gasteiger partial charge in [-0.15, -0.1) is 0 Å². The number of hydrogen-bond acceptors (Lipinski definition) is 2. The van der Waals surface area contributed by atoms with Crippen molar-refractivity contribution in [3.8, 4) is 0 Å². The van der Waals surface area contributed by atoms with E-state index in [1.807, 2.05) is 24.3 Å². The Kier molecular flexibility index (Phi) is 4.76.